The molecule has 1 amide bonds. The van der Waals surface area contributed by atoms with Gasteiger partial charge in [-0.3, -0.25) is 4.79 Å². The van der Waals surface area contributed by atoms with E-state index in [1.165, 1.54) is 0 Å². The van der Waals surface area contributed by atoms with Gasteiger partial charge in [0.25, 0.3) is 0 Å². The first-order valence-corrected chi connectivity index (χ1v) is 7.72. The van der Waals surface area contributed by atoms with Crippen molar-refractivity contribution in [2.45, 2.75) is 13.0 Å². The topological polar surface area (TPSA) is 60.5 Å². The number of hydrogen-bond donors (Lipinski definition) is 1. The van der Waals surface area contributed by atoms with E-state index in [0.29, 0.717) is 30.5 Å². The van der Waals surface area contributed by atoms with E-state index in [1.54, 1.807) is 19.4 Å². The molecule has 1 N–H and O–H groups in total. The van der Waals surface area contributed by atoms with Crippen LogP contribution in [0.5, 0.6) is 11.6 Å². The Morgan fingerprint density at radius 1 is 1.48 bits per heavy atom. The predicted octanol–water partition coefficient (Wildman–Crippen LogP) is 2.61. The van der Waals surface area contributed by atoms with Crippen LogP contribution >= 0.6 is 11.6 Å². The van der Waals surface area contributed by atoms with Gasteiger partial charge in [0.1, 0.15) is 12.4 Å². The maximum Gasteiger partial charge on any atom is 0.227 e. The fourth-order valence-electron chi connectivity index (χ4n) is 2.60. The molecular formula is C17H17ClN2O3. The number of ether oxygens (including phenoxy) is 2. The van der Waals surface area contributed by atoms with E-state index in [1.807, 2.05) is 24.3 Å². The fraction of sp³-hybridized carbons (Fsp3) is 0.294. The van der Waals surface area contributed by atoms with Crippen LogP contribution in [0.1, 0.15) is 11.1 Å². The largest absolute Gasteiger partial charge is 0.492 e. The Morgan fingerprint density at radius 2 is 2.35 bits per heavy atom. The lowest BCUT2D eigenvalue weighted by molar-refractivity contribution is -0.126. The fourth-order valence-corrected chi connectivity index (χ4v) is 2.80. The Morgan fingerprint density at radius 3 is 3.17 bits per heavy atom. The van der Waals surface area contributed by atoms with Crippen molar-refractivity contribution >= 4 is 17.5 Å². The van der Waals surface area contributed by atoms with Gasteiger partial charge in [-0.2, -0.15) is 0 Å². The number of pyridine rings is 1. The maximum absolute atomic E-state index is 12.4. The van der Waals surface area contributed by atoms with Crippen molar-refractivity contribution in [1.82, 2.24) is 10.3 Å². The zero-order chi connectivity index (χ0) is 16.2. The van der Waals surface area contributed by atoms with Gasteiger partial charge in [-0.25, -0.2) is 4.98 Å². The molecule has 120 valence electrons. The van der Waals surface area contributed by atoms with E-state index in [-0.39, 0.29) is 11.8 Å². The Labute approximate surface area is 139 Å². The first-order chi connectivity index (χ1) is 11.2. The molecule has 5 nitrogen and oxygen atoms in total. The zero-order valence-electron chi connectivity index (χ0n) is 12.7. The van der Waals surface area contributed by atoms with Crippen LogP contribution in [0.25, 0.3) is 0 Å². The summed E-state index contributed by atoms with van der Waals surface area (Å²) in [6.45, 7) is 0.736. The van der Waals surface area contributed by atoms with E-state index in [2.05, 4.69) is 10.3 Å². The molecule has 0 aliphatic carbocycles. The molecule has 2 aromatic rings. The highest BCUT2D eigenvalue weighted by atomic mass is 35.5. The van der Waals surface area contributed by atoms with Gasteiger partial charge in [-0.15, -0.1) is 0 Å². The number of benzene rings is 1. The first kappa shape index (κ1) is 15.6. The van der Waals surface area contributed by atoms with Crippen molar-refractivity contribution in [2.75, 3.05) is 13.7 Å². The van der Waals surface area contributed by atoms with E-state index < -0.39 is 0 Å². The summed E-state index contributed by atoms with van der Waals surface area (Å²) in [5.41, 5.74) is 1.80. The van der Waals surface area contributed by atoms with Crippen LogP contribution in [-0.4, -0.2) is 24.6 Å². The molecule has 3 rings (SSSR count). The van der Waals surface area contributed by atoms with Gasteiger partial charge in [-0.1, -0.05) is 17.7 Å². The summed E-state index contributed by atoms with van der Waals surface area (Å²) in [4.78, 5) is 16.5. The zero-order valence-corrected chi connectivity index (χ0v) is 13.5. The maximum atomic E-state index is 12.4. The van der Waals surface area contributed by atoms with Crippen LogP contribution < -0.4 is 14.8 Å². The summed E-state index contributed by atoms with van der Waals surface area (Å²) in [6, 6.07) is 9.16. The molecule has 1 aliphatic heterocycles. The van der Waals surface area contributed by atoms with Gasteiger partial charge in [0.15, 0.2) is 0 Å². The number of nitrogens with zero attached hydrogens (tertiary/aromatic N) is 1. The summed E-state index contributed by atoms with van der Waals surface area (Å²) in [5, 5.41) is 3.56. The van der Waals surface area contributed by atoms with Crippen molar-refractivity contribution < 1.29 is 14.3 Å². The molecule has 1 aliphatic rings. The molecule has 0 saturated heterocycles. The number of methoxy groups -OCH3 is 1. The third-order valence-corrected chi connectivity index (χ3v) is 4.03. The SMILES string of the molecule is COc1ncccc1CNC(=O)C1COc2ccc(Cl)cc2C1. The average Bonchev–Trinajstić information content (AvgIpc) is 2.59. The summed E-state index contributed by atoms with van der Waals surface area (Å²) in [7, 11) is 1.56. The number of nitrogens with one attached hydrogen (secondary N) is 1. The quantitative estimate of drug-likeness (QED) is 0.935. The highest BCUT2D eigenvalue weighted by Crippen LogP contribution is 2.29. The minimum atomic E-state index is -0.233. The highest BCUT2D eigenvalue weighted by Gasteiger charge is 2.26. The molecule has 6 heteroatoms. The standard InChI is InChI=1S/C17H17ClN2O3/c1-22-17-11(3-2-6-19-17)9-20-16(21)13-7-12-8-14(18)4-5-15(12)23-10-13/h2-6,8,13H,7,9-10H2,1H3,(H,20,21). The van der Waals surface area contributed by atoms with Gasteiger partial charge < -0.3 is 14.8 Å². The highest BCUT2D eigenvalue weighted by molar-refractivity contribution is 6.30. The minimum Gasteiger partial charge on any atom is -0.492 e. The van der Waals surface area contributed by atoms with Gasteiger partial charge >= 0.3 is 0 Å². The molecule has 1 aromatic carbocycles. The summed E-state index contributed by atoms with van der Waals surface area (Å²) < 4.78 is 10.8. The second-order valence-electron chi connectivity index (χ2n) is 5.35. The molecule has 0 fully saturated rings. The van der Waals surface area contributed by atoms with Crippen LogP contribution in [0.15, 0.2) is 36.5 Å². The van der Waals surface area contributed by atoms with Gasteiger partial charge in [-0.05, 0) is 36.2 Å². The molecule has 0 saturated carbocycles. The Balaban J connectivity index is 1.63. The monoisotopic (exact) mass is 332 g/mol. The molecule has 0 spiro atoms. The molecule has 2 heterocycles. The number of aromatic nitrogens is 1. The molecule has 0 bridgehead atoms. The predicted molar refractivity (Wildman–Crippen MR) is 86.8 cm³/mol. The minimum absolute atomic E-state index is 0.0541. The van der Waals surface area contributed by atoms with Crippen LogP contribution in [0.3, 0.4) is 0 Å². The summed E-state index contributed by atoms with van der Waals surface area (Å²) >= 11 is 6.00. The molecule has 1 atom stereocenters. The molecule has 0 radical (unpaired) electrons. The van der Waals surface area contributed by atoms with Crippen molar-refractivity contribution in [3.05, 3.63) is 52.7 Å². The van der Waals surface area contributed by atoms with Gasteiger partial charge in [0.05, 0.1) is 13.0 Å². The van der Waals surface area contributed by atoms with Crippen LogP contribution in [0.2, 0.25) is 5.02 Å². The summed E-state index contributed by atoms with van der Waals surface area (Å²) in [5.74, 6) is 1.03. The van der Waals surface area contributed by atoms with E-state index in [4.69, 9.17) is 21.1 Å². The third-order valence-electron chi connectivity index (χ3n) is 3.80. The Hall–Kier alpha value is -2.27. The third kappa shape index (κ3) is 3.56. The number of hydrogen-bond acceptors (Lipinski definition) is 4. The Kier molecular flexibility index (Phi) is 4.67. The van der Waals surface area contributed by atoms with Gasteiger partial charge in [0, 0.05) is 23.3 Å². The number of rotatable bonds is 4. The van der Waals surface area contributed by atoms with E-state index in [9.17, 15) is 4.79 Å². The first-order valence-electron chi connectivity index (χ1n) is 7.34. The van der Waals surface area contributed by atoms with E-state index >= 15 is 0 Å². The molecule has 23 heavy (non-hydrogen) atoms. The number of halogens is 1. The second kappa shape index (κ2) is 6.87. The molecule has 1 unspecified atom stereocenters. The van der Waals surface area contributed by atoms with Crippen molar-refractivity contribution in [3.63, 3.8) is 0 Å². The Bertz CT molecular complexity index is 721. The number of carbonyl (C=O) groups excluding carboxylic acids is 1. The van der Waals surface area contributed by atoms with Crippen LogP contribution in [-0.2, 0) is 17.8 Å². The smallest absolute Gasteiger partial charge is 0.227 e. The van der Waals surface area contributed by atoms with Gasteiger partial charge in [0.2, 0.25) is 11.8 Å². The van der Waals surface area contributed by atoms with Crippen molar-refractivity contribution in [2.24, 2.45) is 5.92 Å². The number of carbonyl (C=O) groups is 1. The number of fused-ring (bicyclic) bond motifs is 1. The molecular weight excluding hydrogens is 316 g/mol. The average molecular weight is 333 g/mol. The van der Waals surface area contributed by atoms with Crippen LogP contribution in [0, 0.1) is 5.92 Å². The van der Waals surface area contributed by atoms with Crippen LogP contribution in [0.4, 0.5) is 0 Å². The van der Waals surface area contributed by atoms with E-state index in [0.717, 1.165) is 16.9 Å². The number of amides is 1. The lowest BCUT2D eigenvalue weighted by Gasteiger charge is -2.24. The lowest BCUT2D eigenvalue weighted by Crippen LogP contribution is -2.37. The van der Waals surface area contributed by atoms with Crippen molar-refractivity contribution in [3.8, 4) is 11.6 Å². The molecule has 1 aromatic heterocycles. The lowest BCUT2D eigenvalue weighted by atomic mass is 9.96. The van der Waals surface area contributed by atoms with Crippen molar-refractivity contribution in [1.29, 1.82) is 0 Å². The summed E-state index contributed by atoms with van der Waals surface area (Å²) in [6.07, 6.45) is 2.27. The second-order valence-corrected chi connectivity index (χ2v) is 5.79. The normalized spacial score (nSPS) is 16.2.